The molecule has 0 heterocycles. The second-order valence-electron chi connectivity index (χ2n) is 5.11. The second kappa shape index (κ2) is 8.61. The summed E-state index contributed by atoms with van der Waals surface area (Å²) in [6, 6.07) is 10.9. The van der Waals surface area contributed by atoms with Crippen LogP contribution in [0.1, 0.15) is 22.0 Å². The summed E-state index contributed by atoms with van der Waals surface area (Å²) in [5.41, 5.74) is -0.0318. The molecule has 0 aliphatic heterocycles. The van der Waals surface area contributed by atoms with Crippen LogP contribution in [-0.2, 0) is 9.53 Å². The van der Waals surface area contributed by atoms with Gasteiger partial charge in [0, 0.05) is 18.7 Å². The highest BCUT2D eigenvalue weighted by molar-refractivity contribution is 5.99. The molecule has 1 atom stereocenters. The van der Waals surface area contributed by atoms with Crippen LogP contribution in [0.25, 0.3) is 0 Å². The van der Waals surface area contributed by atoms with Crippen molar-refractivity contribution in [3.8, 4) is 5.75 Å². The van der Waals surface area contributed by atoms with E-state index < -0.39 is 29.8 Å². The van der Waals surface area contributed by atoms with Crippen molar-refractivity contribution in [2.24, 2.45) is 0 Å². The van der Waals surface area contributed by atoms with E-state index in [2.05, 4.69) is 5.32 Å². The number of benzene rings is 2. The molecule has 0 spiro atoms. The number of imide groups is 1. The van der Waals surface area contributed by atoms with Crippen molar-refractivity contribution in [1.82, 2.24) is 10.6 Å². The van der Waals surface area contributed by atoms with Gasteiger partial charge in [-0.15, -0.1) is 0 Å². The molecular weight excluding hydrogens is 343 g/mol. The van der Waals surface area contributed by atoms with Crippen molar-refractivity contribution in [2.45, 2.75) is 6.10 Å². The Kier molecular flexibility index (Phi) is 6.26. The maximum absolute atomic E-state index is 14.1. The number of amides is 3. The van der Waals surface area contributed by atoms with E-state index in [1.54, 1.807) is 30.3 Å². The largest absolute Gasteiger partial charge is 0.497 e. The zero-order valence-electron chi connectivity index (χ0n) is 14.1. The Labute approximate surface area is 149 Å². The minimum Gasteiger partial charge on any atom is -0.497 e. The lowest BCUT2D eigenvalue weighted by Crippen LogP contribution is -2.41. The van der Waals surface area contributed by atoms with Crippen LogP contribution >= 0.6 is 0 Å². The van der Waals surface area contributed by atoms with Crippen molar-refractivity contribution in [3.63, 3.8) is 0 Å². The maximum atomic E-state index is 14.1. The van der Waals surface area contributed by atoms with Crippen LogP contribution < -0.4 is 15.4 Å². The number of nitrogens with one attached hydrogen (secondary N) is 2. The quantitative estimate of drug-likeness (QED) is 0.797. The van der Waals surface area contributed by atoms with E-state index in [9.17, 15) is 18.8 Å². The van der Waals surface area contributed by atoms with Crippen molar-refractivity contribution in [1.29, 1.82) is 0 Å². The lowest BCUT2D eigenvalue weighted by atomic mass is 10.1. The van der Waals surface area contributed by atoms with Crippen LogP contribution in [0.3, 0.4) is 0 Å². The number of halogens is 1. The van der Waals surface area contributed by atoms with E-state index in [1.165, 1.54) is 26.3 Å². The Morgan fingerprint density at radius 1 is 1.08 bits per heavy atom. The summed E-state index contributed by atoms with van der Waals surface area (Å²) in [7, 11) is 2.69. The number of ether oxygens (including phenoxy) is 2. The Morgan fingerprint density at radius 3 is 2.35 bits per heavy atom. The third-order valence-electron chi connectivity index (χ3n) is 3.43. The van der Waals surface area contributed by atoms with Crippen LogP contribution in [0.15, 0.2) is 48.5 Å². The van der Waals surface area contributed by atoms with E-state index in [0.717, 1.165) is 6.07 Å². The highest BCUT2D eigenvalue weighted by Gasteiger charge is 2.28. The number of carbonyl (C=O) groups is 3. The molecule has 2 N–H and O–H groups in total. The number of rotatable bonds is 5. The fourth-order valence-corrected chi connectivity index (χ4v) is 2.10. The normalized spacial score (nSPS) is 11.2. The molecule has 3 amide bonds. The van der Waals surface area contributed by atoms with Crippen LogP contribution in [-0.4, -0.2) is 32.1 Å². The fourth-order valence-electron chi connectivity index (χ4n) is 2.10. The zero-order valence-corrected chi connectivity index (χ0v) is 14.1. The molecule has 26 heavy (non-hydrogen) atoms. The molecule has 2 aromatic rings. The van der Waals surface area contributed by atoms with Gasteiger partial charge in [-0.2, -0.15) is 0 Å². The van der Waals surface area contributed by atoms with Gasteiger partial charge in [-0.25, -0.2) is 14.0 Å². The topological polar surface area (TPSA) is 93.7 Å². The Bertz CT molecular complexity index is 810. The molecule has 0 unspecified atom stereocenters. The first-order valence-electron chi connectivity index (χ1n) is 7.58. The van der Waals surface area contributed by atoms with E-state index in [-0.39, 0.29) is 11.3 Å². The minimum absolute atomic E-state index is 0.232. The molecule has 8 heteroatoms. The molecule has 2 rings (SSSR count). The molecule has 7 nitrogen and oxygen atoms in total. The highest BCUT2D eigenvalue weighted by atomic mass is 19.1. The molecular formula is C18H17FN2O5. The monoisotopic (exact) mass is 360 g/mol. The molecule has 0 aliphatic carbocycles. The Morgan fingerprint density at radius 2 is 1.77 bits per heavy atom. The lowest BCUT2D eigenvalue weighted by molar-refractivity contribution is -0.129. The SMILES string of the molecule is CNC(=O)NC(=O)[C@@H](OC(=O)c1ccc(OC)cc1F)c1ccccc1. The van der Waals surface area contributed by atoms with Gasteiger partial charge in [0.05, 0.1) is 12.7 Å². The summed E-state index contributed by atoms with van der Waals surface area (Å²) in [6.07, 6.45) is -1.43. The van der Waals surface area contributed by atoms with Crippen molar-refractivity contribution < 1.29 is 28.2 Å². The van der Waals surface area contributed by atoms with Gasteiger partial charge in [0.15, 0.2) is 0 Å². The molecule has 0 saturated carbocycles. The van der Waals surface area contributed by atoms with E-state index in [1.807, 2.05) is 5.32 Å². The standard InChI is InChI=1S/C18H17FN2O5/c1-20-18(24)21-16(22)15(11-6-4-3-5-7-11)26-17(23)13-9-8-12(25-2)10-14(13)19/h3-10,15H,1-2H3,(H2,20,21,22,24)/t15-/m0/s1. The molecule has 0 aromatic heterocycles. The molecule has 2 aromatic carbocycles. The van der Waals surface area contributed by atoms with Crippen LogP contribution in [0, 0.1) is 5.82 Å². The highest BCUT2D eigenvalue weighted by Crippen LogP contribution is 2.22. The van der Waals surface area contributed by atoms with Crippen molar-refractivity contribution in [3.05, 3.63) is 65.5 Å². The van der Waals surface area contributed by atoms with Gasteiger partial charge in [-0.05, 0) is 12.1 Å². The van der Waals surface area contributed by atoms with Crippen LogP contribution in [0.5, 0.6) is 5.75 Å². The van der Waals surface area contributed by atoms with Gasteiger partial charge in [-0.1, -0.05) is 30.3 Å². The van der Waals surface area contributed by atoms with Gasteiger partial charge in [0.1, 0.15) is 11.6 Å². The number of hydrogen-bond acceptors (Lipinski definition) is 5. The number of methoxy groups -OCH3 is 1. The van der Waals surface area contributed by atoms with Gasteiger partial charge < -0.3 is 14.8 Å². The van der Waals surface area contributed by atoms with Crippen LogP contribution in [0.4, 0.5) is 9.18 Å². The fraction of sp³-hybridized carbons (Fsp3) is 0.167. The first-order valence-corrected chi connectivity index (χ1v) is 7.58. The van der Waals surface area contributed by atoms with Crippen molar-refractivity contribution in [2.75, 3.05) is 14.2 Å². The van der Waals surface area contributed by atoms with Gasteiger partial charge in [-0.3, -0.25) is 10.1 Å². The lowest BCUT2D eigenvalue weighted by Gasteiger charge is -2.17. The summed E-state index contributed by atoms with van der Waals surface area (Å²) in [4.78, 5) is 36.0. The smallest absolute Gasteiger partial charge is 0.342 e. The summed E-state index contributed by atoms with van der Waals surface area (Å²) >= 11 is 0. The van der Waals surface area contributed by atoms with Gasteiger partial charge in [0.25, 0.3) is 5.91 Å². The zero-order chi connectivity index (χ0) is 19.1. The molecule has 0 bridgehead atoms. The van der Waals surface area contributed by atoms with E-state index in [0.29, 0.717) is 5.56 Å². The number of hydrogen-bond donors (Lipinski definition) is 2. The van der Waals surface area contributed by atoms with E-state index in [4.69, 9.17) is 9.47 Å². The average Bonchev–Trinajstić information content (AvgIpc) is 2.66. The summed E-state index contributed by atoms with van der Waals surface area (Å²) < 4.78 is 24.1. The summed E-state index contributed by atoms with van der Waals surface area (Å²) in [5, 5.41) is 4.26. The van der Waals surface area contributed by atoms with Crippen LogP contribution in [0.2, 0.25) is 0 Å². The first kappa shape index (κ1) is 18.9. The predicted molar refractivity (Wildman–Crippen MR) is 90.1 cm³/mol. The third-order valence-corrected chi connectivity index (χ3v) is 3.43. The summed E-state index contributed by atoms with van der Waals surface area (Å²) in [6.45, 7) is 0. The summed E-state index contributed by atoms with van der Waals surface area (Å²) in [5.74, 6) is -2.53. The number of urea groups is 1. The average molecular weight is 360 g/mol. The minimum atomic E-state index is -1.43. The number of carbonyl (C=O) groups excluding carboxylic acids is 3. The van der Waals surface area contributed by atoms with E-state index >= 15 is 0 Å². The van der Waals surface area contributed by atoms with Gasteiger partial charge >= 0.3 is 12.0 Å². The molecule has 0 fully saturated rings. The Hall–Kier alpha value is -3.42. The molecule has 0 saturated heterocycles. The van der Waals surface area contributed by atoms with Crippen molar-refractivity contribution >= 4 is 17.9 Å². The second-order valence-corrected chi connectivity index (χ2v) is 5.11. The van der Waals surface area contributed by atoms with Gasteiger partial charge in [0.2, 0.25) is 6.10 Å². The third kappa shape index (κ3) is 4.56. The number of esters is 1. The molecule has 0 radical (unpaired) electrons. The molecule has 0 aliphatic rings. The first-order chi connectivity index (χ1) is 12.5. The molecule has 136 valence electrons. The Balaban J connectivity index is 2.27. The predicted octanol–water partition coefficient (Wildman–Crippen LogP) is 2.19. The maximum Gasteiger partial charge on any atom is 0.342 e.